The Morgan fingerprint density at radius 1 is 1.04 bits per heavy atom. The quantitative estimate of drug-likeness (QED) is 0.686. The second-order valence-electron chi connectivity index (χ2n) is 5.76. The molecule has 0 saturated heterocycles. The van der Waals surface area contributed by atoms with Crippen molar-refractivity contribution in [2.24, 2.45) is 0 Å². The lowest BCUT2D eigenvalue weighted by Gasteiger charge is -2.10. The number of halogens is 2. The van der Waals surface area contributed by atoms with Crippen LogP contribution in [0.5, 0.6) is 0 Å². The van der Waals surface area contributed by atoms with Crippen LogP contribution in [0.2, 0.25) is 5.02 Å². The Balaban J connectivity index is 1.83. The Kier molecular flexibility index (Phi) is 5.14. The minimum Gasteiger partial charge on any atom is -0.324 e. The molecule has 0 radical (unpaired) electrons. The van der Waals surface area contributed by atoms with E-state index in [1.54, 1.807) is 37.3 Å². The van der Waals surface area contributed by atoms with Gasteiger partial charge in [-0.1, -0.05) is 17.7 Å². The maximum absolute atomic E-state index is 13.0. The number of hydrogen-bond acceptors (Lipinski definition) is 4. The van der Waals surface area contributed by atoms with Crippen molar-refractivity contribution in [2.45, 2.75) is 13.8 Å². The maximum atomic E-state index is 13.0. The summed E-state index contributed by atoms with van der Waals surface area (Å²) in [6.07, 6.45) is 0. The van der Waals surface area contributed by atoms with E-state index in [4.69, 9.17) is 11.6 Å². The number of nitrogens with one attached hydrogen (secondary N) is 2. The van der Waals surface area contributed by atoms with Crippen LogP contribution in [0.4, 0.5) is 21.7 Å². The molecule has 0 saturated carbocycles. The van der Waals surface area contributed by atoms with Gasteiger partial charge in [-0.05, 0) is 61.9 Å². The normalized spacial score (nSPS) is 10.5. The summed E-state index contributed by atoms with van der Waals surface area (Å²) in [6.45, 7) is 3.64. The molecule has 3 rings (SSSR count). The summed E-state index contributed by atoms with van der Waals surface area (Å²) in [5.41, 5.74) is 2.96. The fraction of sp³-hybridized carbons (Fsp3) is 0.105. The van der Waals surface area contributed by atoms with Crippen LogP contribution in [-0.4, -0.2) is 15.9 Å². The van der Waals surface area contributed by atoms with E-state index in [-0.39, 0.29) is 23.4 Å². The maximum Gasteiger partial charge on any atom is 0.274 e. The van der Waals surface area contributed by atoms with Crippen LogP contribution in [0, 0.1) is 19.7 Å². The Labute approximate surface area is 155 Å². The molecule has 7 heteroatoms. The Bertz CT molecular complexity index is 960. The molecule has 0 aliphatic rings. The zero-order chi connectivity index (χ0) is 18.7. The first-order valence-electron chi connectivity index (χ1n) is 7.86. The van der Waals surface area contributed by atoms with Crippen molar-refractivity contribution < 1.29 is 9.18 Å². The van der Waals surface area contributed by atoms with E-state index in [0.29, 0.717) is 22.1 Å². The molecule has 0 spiro atoms. The van der Waals surface area contributed by atoms with Gasteiger partial charge in [0.1, 0.15) is 11.5 Å². The Hall–Kier alpha value is -2.99. The van der Waals surface area contributed by atoms with Crippen molar-refractivity contribution in [1.29, 1.82) is 0 Å². The molecular formula is C19H16ClFN4O. The lowest BCUT2D eigenvalue weighted by atomic mass is 10.2. The molecule has 132 valence electrons. The third-order valence-electron chi connectivity index (χ3n) is 3.64. The third kappa shape index (κ3) is 4.34. The van der Waals surface area contributed by atoms with E-state index in [0.717, 1.165) is 5.56 Å². The van der Waals surface area contributed by atoms with Gasteiger partial charge < -0.3 is 10.6 Å². The molecule has 26 heavy (non-hydrogen) atoms. The molecule has 0 unspecified atom stereocenters. The predicted molar refractivity (Wildman–Crippen MR) is 101 cm³/mol. The number of rotatable bonds is 4. The first kappa shape index (κ1) is 17.8. The zero-order valence-electron chi connectivity index (χ0n) is 14.2. The van der Waals surface area contributed by atoms with Gasteiger partial charge in [0.05, 0.1) is 0 Å². The summed E-state index contributed by atoms with van der Waals surface area (Å²) in [4.78, 5) is 21.1. The predicted octanol–water partition coefficient (Wildman–Crippen LogP) is 4.88. The molecule has 0 aliphatic carbocycles. The van der Waals surface area contributed by atoms with Gasteiger partial charge >= 0.3 is 0 Å². The van der Waals surface area contributed by atoms with E-state index in [9.17, 15) is 9.18 Å². The number of aromatic nitrogens is 2. The molecule has 0 fully saturated rings. The standard InChI is InChI=1S/C19H16ClFN4O/c1-11-3-4-13(20)10-16(11)24-18(26)17-9-12(2)22-19(25-17)23-15-7-5-14(21)6-8-15/h3-10H,1-2H3,(H,24,26)(H,22,23,25). The Morgan fingerprint density at radius 2 is 1.77 bits per heavy atom. The van der Waals surface area contributed by atoms with Crippen molar-refractivity contribution in [1.82, 2.24) is 9.97 Å². The van der Waals surface area contributed by atoms with Crippen LogP contribution in [-0.2, 0) is 0 Å². The van der Waals surface area contributed by atoms with Crippen molar-refractivity contribution >= 4 is 34.8 Å². The van der Waals surface area contributed by atoms with Crippen molar-refractivity contribution in [3.63, 3.8) is 0 Å². The minimum absolute atomic E-state index is 0.210. The van der Waals surface area contributed by atoms with E-state index >= 15 is 0 Å². The summed E-state index contributed by atoms with van der Waals surface area (Å²) in [5.74, 6) is -0.453. The van der Waals surface area contributed by atoms with Crippen molar-refractivity contribution in [3.05, 3.63) is 76.3 Å². The van der Waals surface area contributed by atoms with Gasteiger partial charge in [0.15, 0.2) is 0 Å². The molecule has 0 bridgehead atoms. The highest BCUT2D eigenvalue weighted by Crippen LogP contribution is 2.21. The van der Waals surface area contributed by atoms with Crippen LogP contribution in [0.3, 0.4) is 0 Å². The summed E-state index contributed by atoms with van der Waals surface area (Å²) < 4.78 is 13.0. The van der Waals surface area contributed by atoms with E-state index in [2.05, 4.69) is 20.6 Å². The van der Waals surface area contributed by atoms with E-state index < -0.39 is 0 Å². The van der Waals surface area contributed by atoms with Crippen LogP contribution in [0.1, 0.15) is 21.7 Å². The van der Waals surface area contributed by atoms with Gasteiger partial charge in [-0.15, -0.1) is 0 Å². The number of hydrogen-bond donors (Lipinski definition) is 2. The lowest BCUT2D eigenvalue weighted by Crippen LogP contribution is -2.16. The number of nitrogens with zero attached hydrogens (tertiary/aromatic N) is 2. The molecule has 3 aromatic rings. The highest BCUT2D eigenvalue weighted by Gasteiger charge is 2.12. The van der Waals surface area contributed by atoms with Crippen LogP contribution < -0.4 is 10.6 Å². The van der Waals surface area contributed by atoms with Gasteiger partial charge in [0.25, 0.3) is 5.91 Å². The summed E-state index contributed by atoms with van der Waals surface area (Å²) in [6, 6.07) is 12.6. The molecule has 0 atom stereocenters. The lowest BCUT2D eigenvalue weighted by molar-refractivity contribution is 0.102. The Morgan fingerprint density at radius 3 is 2.50 bits per heavy atom. The van der Waals surface area contributed by atoms with E-state index in [1.165, 1.54) is 12.1 Å². The average Bonchev–Trinajstić information content (AvgIpc) is 2.59. The van der Waals surface area contributed by atoms with Crippen molar-refractivity contribution in [2.75, 3.05) is 10.6 Å². The number of amides is 1. The number of anilines is 3. The summed E-state index contributed by atoms with van der Waals surface area (Å²) in [7, 11) is 0. The zero-order valence-corrected chi connectivity index (χ0v) is 14.9. The van der Waals surface area contributed by atoms with Crippen LogP contribution in [0.15, 0.2) is 48.5 Å². The highest BCUT2D eigenvalue weighted by atomic mass is 35.5. The monoisotopic (exact) mass is 370 g/mol. The molecule has 2 aromatic carbocycles. The summed E-state index contributed by atoms with van der Waals surface area (Å²) in [5, 5.41) is 6.29. The number of carbonyl (C=O) groups is 1. The van der Waals surface area contributed by atoms with Gasteiger partial charge in [0, 0.05) is 22.1 Å². The topological polar surface area (TPSA) is 66.9 Å². The first-order valence-corrected chi connectivity index (χ1v) is 8.24. The largest absolute Gasteiger partial charge is 0.324 e. The fourth-order valence-electron chi connectivity index (χ4n) is 2.32. The number of aryl methyl sites for hydroxylation is 2. The van der Waals surface area contributed by atoms with Gasteiger partial charge in [-0.3, -0.25) is 4.79 Å². The molecule has 2 N–H and O–H groups in total. The molecule has 5 nitrogen and oxygen atoms in total. The van der Waals surface area contributed by atoms with Crippen LogP contribution >= 0.6 is 11.6 Å². The second-order valence-corrected chi connectivity index (χ2v) is 6.20. The number of benzene rings is 2. The van der Waals surface area contributed by atoms with Crippen LogP contribution in [0.25, 0.3) is 0 Å². The smallest absolute Gasteiger partial charge is 0.274 e. The summed E-state index contributed by atoms with van der Waals surface area (Å²) >= 11 is 5.98. The highest BCUT2D eigenvalue weighted by molar-refractivity contribution is 6.31. The molecular weight excluding hydrogens is 355 g/mol. The first-order chi connectivity index (χ1) is 12.4. The molecule has 1 aromatic heterocycles. The molecule has 1 amide bonds. The van der Waals surface area contributed by atoms with Gasteiger partial charge in [-0.2, -0.15) is 0 Å². The SMILES string of the molecule is Cc1cc(C(=O)Nc2cc(Cl)ccc2C)nc(Nc2ccc(F)cc2)n1. The molecule has 0 aliphatic heterocycles. The number of carbonyl (C=O) groups excluding carboxylic acids is 1. The average molecular weight is 371 g/mol. The van der Waals surface area contributed by atoms with Gasteiger partial charge in [-0.25, -0.2) is 14.4 Å². The second kappa shape index (κ2) is 7.49. The van der Waals surface area contributed by atoms with Crippen molar-refractivity contribution in [3.8, 4) is 0 Å². The fourth-order valence-corrected chi connectivity index (χ4v) is 2.49. The minimum atomic E-state index is -0.372. The molecule has 1 heterocycles. The van der Waals surface area contributed by atoms with Gasteiger partial charge in [0.2, 0.25) is 5.95 Å². The van der Waals surface area contributed by atoms with E-state index in [1.807, 2.05) is 13.0 Å². The third-order valence-corrected chi connectivity index (χ3v) is 3.87.